The van der Waals surface area contributed by atoms with Crippen LogP contribution >= 0.6 is 0 Å². The molecule has 2 saturated heterocycles. The third kappa shape index (κ3) is 2.40. The van der Waals surface area contributed by atoms with Gasteiger partial charge in [-0.2, -0.15) is 0 Å². The summed E-state index contributed by atoms with van der Waals surface area (Å²) in [5, 5.41) is 3.73. The van der Waals surface area contributed by atoms with Gasteiger partial charge < -0.3 is 5.32 Å². The summed E-state index contributed by atoms with van der Waals surface area (Å²) < 4.78 is 0. The number of benzene rings is 1. The van der Waals surface area contributed by atoms with Crippen LogP contribution in [0.3, 0.4) is 0 Å². The van der Waals surface area contributed by atoms with E-state index in [0.29, 0.717) is 0 Å². The fraction of sp³-hybridized carbons (Fsp3) is 0.667. The smallest absolute Gasteiger partial charge is 0.0176 e. The first-order chi connectivity index (χ1) is 9.90. The number of hydrogen-bond acceptors (Lipinski definition) is 2. The Morgan fingerprint density at radius 3 is 2.50 bits per heavy atom. The lowest BCUT2D eigenvalue weighted by atomic mass is 9.89. The Kier molecular flexibility index (Phi) is 3.53. The maximum atomic E-state index is 3.73. The zero-order valence-corrected chi connectivity index (χ0v) is 12.4. The average molecular weight is 270 g/mol. The molecule has 108 valence electrons. The molecule has 1 aromatic carbocycles. The van der Waals surface area contributed by atoms with Gasteiger partial charge in [0.15, 0.2) is 0 Å². The standard InChI is InChI=1S/C18H26N2/c1-2-6-15-12-17(11-14(15)5-1)20-10-4-7-16(13-20)18-8-3-9-19-18/h1-2,5-6,16-19H,3-4,7-13H2. The Morgan fingerprint density at radius 2 is 1.80 bits per heavy atom. The minimum atomic E-state index is 0.775. The number of nitrogens with zero attached hydrogens (tertiary/aromatic N) is 1. The second-order valence-electron chi connectivity index (χ2n) is 6.93. The van der Waals surface area contributed by atoms with Gasteiger partial charge in [0.1, 0.15) is 0 Å². The van der Waals surface area contributed by atoms with Gasteiger partial charge in [-0.1, -0.05) is 24.3 Å². The highest BCUT2D eigenvalue weighted by Crippen LogP contribution is 2.31. The van der Waals surface area contributed by atoms with E-state index >= 15 is 0 Å². The molecule has 0 bridgehead atoms. The molecule has 2 nitrogen and oxygen atoms in total. The molecule has 1 N–H and O–H groups in total. The number of fused-ring (bicyclic) bond motifs is 1. The van der Waals surface area contributed by atoms with Crippen LogP contribution in [0.15, 0.2) is 24.3 Å². The van der Waals surface area contributed by atoms with Gasteiger partial charge >= 0.3 is 0 Å². The molecule has 2 fully saturated rings. The lowest BCUT2D eigenvalue weighted by Gasteiger charge is -2.39. The van der Waals surface area contributed by atoms with Crippen LogP contribution in [0.2, 0.25) is 0 Å². The van der Waals surface area contributed by atoms with Gasteiger partial charge in [-0.15, -0.1) is 0 Å². The van der Waals surface area contributed by atoms with Crippen LogP contribution in [-0.2, 0) is 12.8 Å². The van der Waals surface area contributed by atoms with Gasteiger partial charge in [-0.05, 0) is 68.7 Å². The molecule has 0 amide bonds. The molecule has 2 heterocycles. The van der Waals surface area contributed by atoms with Gasteiger partial charge in [0.2, 0.25) is 0 Å². The summed E-state index contributed by atoms with van der Waals surface area (Å²) in [6, 6.07) is 10.6. The lowest BCUT2D eigenvalue weighted by molar-refractivity contribution is 0.111. The molecule has 0 spiro atoms. The Bertz CT molecular complexity index is 439. The summed E-state index contributed by atoms with van der Waals surface area (Å²) in [5.74, 6) is 0.898. The molecule has 2 aliphatic heterocycles. The monoisotopic (exact) mass is 270 g/mol. The van der Waals surface area contributed by atoms with E-state index in [2.05, 4.69) is 34.5 Å². The van der Waals surface area contributed by atoms with Crippen LogP contribution in [0.5, 0.6) is 0 Å². The van der Waals surface area contributed by atoms with Crippen molar-refractivity contribution in [3.8, 4) is 0 Å². The second-order valence-corrected chi connectivity index (χ2v) is 6.93. The first kappa shape index (κ1) is 12.8. The highest BCUT2D eigenvalue weighted by molar-refractivity contribution is 5.33. The minimum absolute atomic E-state index is 0.775. The highest BCUT2D eigenvalue weighted by Gasteiger charge is 2.33. The van der Waals surface area contributed by atoms with Crippen molar-refractivity contribution >= 4 is 0 Å². The van der Waals surface area contributed by atoms with Crippen molar-refractivity contribution < 1.29 is 0 Å². The predicted molar refractivity (Wildman–Crippen MR) is 83.0 cm³/mol. The van der Waals surface area contributed by atoms with Crippen LogP contribution in [-0.4, -0.2) is 36.6 Å². The molecule has 1 aromatic rings. The first-order valence-electron chi connectivity index (χ1n) is 8.44. The third-order valence-electron chi connectivity index (χ3n) is 5.70. The molecular weight excluding hydrogens is 244 g/mol. The van der Waals surface area contributed by atoms with Gasteiger partial charge in [-0.3, -0.25) is 4.90 Å². The van der Waals surface area contributed by atoms with Crippen LogP contribution in [0.25, 0.3) is 0 Å². The summed E-state index contributed by atoms with van der Waals surface area (Å²) in [4.78, 5) is 2.80. The van der Waals surface area contributed by atoms with Crippen molar-refractivity contribution in [3.05, 3.63) is 35.4 Å². The van der Waals surface area contributed by atoms with Crippen molar-refractivity contribution in [2.45, 2.75) is 50.6 Å². The van der Waals surface area contributed by atoms with E-state index in [4.69, 9.17) is 0 Å². The summed E-state index contributed by atoms with van der Waals surface area (Å²) in [6.45, 7) is 3.90. The summed E-state index contributed by atoms with van der Waals surface area (Å²) in [5.41, 5.74) is 3.19. The Hall–Kier alpha value is -0.860. The molecule has 20 heavy (non-hydrogen) atoms. The van der Waals surface area contributed by atoms with Crippen LogP contribution in [0, 0.1) is 5.92 Å². The van der Waals surface area contributed by atoms with Crippen LogP contribution < -0.4 is 5.32 Å². The maximum Gasteiger partial charge on any atom is 0.0176 e. The number of hydrogen-bond donors (Lipinski definition) is 1. The van der Waals surface area contributed by atoms with Crippen molar-refractivity contribution in [2.24, 2.45) is 5.92 Å². The fourth-order valence-electron chi connectivity index (χ4n) is 4.61. The van der Waals surface area contributed by atoms with Gasteiger partial charge in [0, 0.05) is 18.6 Å². The maximum absolute atomic E-state index is 3.73. The predicted octanol–water partition coefficient (Wildman–Crippen LogP) is 2.62. The Labute approximate surface area is 122 Å². The second kappa shape index (κ2) is 5.50. The molecule has 2 atom stereocenters. The van der Waals surface area contributed by atoms with E-state index < -0.39 is 0 Å². The molecule has 2 unspecified atom stereocenters. The summed E-state index contributed by atoms with van der Waals surface area (Å²) in [6.07, 6.45) is 8.19. The quantitative estimate of drug-likeness (QED) is 0.889. The lowest BCUT2D eigenvalue weighted by Crippen LogP contribution is -2.47. The van der Waals surface area contributed by atoms with Gasteiger partial charge in [0.05, 0.1) is 0 Å². The topological polar surface area (TPSA) is 15.3 Å². The van der Waals surface area contributed by atoms with Crippen LogP contribution in [0.1, 0.15) is 36.8 Å². The minimum Gasteiger partial charge on any atom is -0.314 e. The molecule has 0 radical (unpaired) electrons. The molecule has 0 aromatic heterocycles. The van der Waals surface area contributed by atoms with Crippen molar-refractivity contribution in [1.82, 2.24) is 10.2 Å². The Morgan fingerprint density at radius 1 is 1.00 bits per heavy atom. The zero-order chi connectivity index (χ0) is 13.4. The molecule has 2 heteroatoms. The van der Waals surface area contributed by atoms with Gasteiger partial charge in [-0.25, -0.2) is 0 Å². The van der Waals surface area contributed by atoms with E-state index in [1.54, 1.807) is 11.1 Å². The first-order valence-corrected chi connectivity index (χ1v) is 8.44. The number of piperidine rings is 1. The number of rotatable bonds is 2. The fourth-order valence-corrected chi connectivity index (χ4v) is 4.61. The largest absolute Gasteiger partial charge is 0.314 e. The molecule has 4 rings (SSSR count). The summed E-state index contributed by atoms with van der Waals surface area (Å²) in [7, 11) is 0. The number of nitrogens with one attached hydrogen (secondary N) is 1. The highest BCUT2D eigenvalue weighted by atomic mass is 15.2. The van der Waals surface area contributed by atoms with Gasteiger partial charge in [0.25, 0.3) is 0 Å². The van der Waals surface area contributed by atoms with E-state index in [1.807, 2.05) is 0 Å². The van der Waals surface area contributed by atoms with E-state index in [9.17, 15) is 0 Å². The zero-order valence-electron chi connectivity index (χ0n) is 12.4. The van der Waals surface area contributed by atoms with E-state index in [1.165, 1.54) is 58.2 Å². The normalized spacial score (nSPS) is 31.6. The average Bonchev–Trinajstić information content (AvgIpc) is 3.16. The van der Waals surface area contributed by atoms with E-state index in [-0.39, 0.29) is 0 Å². The number of likely N-dealkylation sites (tertiary alicyclic amines) is 1. The Balaban J connectivity index is 1.42. The van der Waals surface area contributed by atoms with Crippen molar-refractivity contribution in [2.75, 3.05) is 19.6 Å². The third-order valence-corrected chi connectivity index (χ3v) is 5.70. The van der Waals surface area contributed by atoms with Crippen molar-refractivity contribution in [1.29, 1.82) is 0 Å². The molecule has 3 aliphatic rings. The summed E-state index contributed by atoms with van der Waals surface area (Å²) >= 11 is 0. The van der Waals surface area contributed by atoms with Crippen LogP contribution in [0.4, 0.5) is 0 Å². The van der Waals surface area contributed by atoms with E-state index in [0.717, 1.165) is 18.0 Å². The van der Waals surface area contributed by atoms with Crippen molar-refractivity contribution in [3.63, 3.8) is 0 Å². The SMILES string of the molecule is c1ccc2c(c1)CC(N1CCCC(C3CCCN3)C1)C2. The molecular formula is C18H26N2. The molecule has 0 saturated carbocycles. The molecule has 1 aliphatic carbocycles.